The van der Waals surface area contributed by atoms with E-state index in [9.17, 15) is 4.79 Å². The molecule has 1 rings (SSSR count). The SMILES string of the molecule is CCNCCNC(=O)COc1c(C)cccc1C.Cl. The van der Waals surface area contributed by atoms with Crippen LogP contribution in [-0.2, 0) is 4.79 Å². The van der Waals surface area contributed by atoms with Crippen LogP contribution in [0.5, 0.6) is 5.75 Å². The summed E-state index contributed by atoms with van der Waals surface area (Å²) in [5, 5.41) is 5.94. The van der Waals surface area contributed by atoms with Crippen molar-refractivity contribution < 1.29 is 9.53 Å². The van der Waals surface area contributed by atoms with Gasteiger partial charge in [-0.25, -0.2) is 0 Å². The van der Waals surface area contributed by atoms with Crippen molar-refractivity contribution in [2.24, 2.45) is 0 Å². The van der Waals surface area contributed by atoms with Crippen LogP contribution in [-0.4, -0.2) is 32.1 Å². The third-order valence-corrected chi connectivity index (χ3v) is 2.63. The first-order valence-corrected chi connectivity index (χ1v) is 6.31. The van der Waals surface area contributed by atoms with Crippen molar-refractivity contribution in [1.29, 1.82) is 0 Å². The molecule has 0 atom stereocenters. The lowest BCUT2D eigenvalue weighted by molar-refractivity contribution is -0.123. The van der Waals surface area contributed by atoms with E-state index in [0.717, 1.165) is 30.0 Å². The van der Waals surface area contributed by atoms with E-state index in [2.05, 4.69) is 10.6 Å². The zero-order valence-electron chi connectivity index (χ0n) is 11.8. The minimum Gasteiger partial charge on any atom is -0.483 e. The summed E-state index contributed by atoms with van der Waals surface area (Å²) >= 11 is 0. The molecule has 0 saturated carbocycles. The Balaban J connectivity index is 0.00000324. The minimum atomic E-state index is -0.0874. The molecule has 5 heteroatoms. The highest BCUT2D eigenvalue weighted by atomic mass is 35.5. The smallest absolute Gasteiger partial charge is 0.257 e. The summed E-state index contributed by atoms with van der Waals surface area (Å²) in [4.78, 5) is 11.5. The second-order valence-electron chi connectivity index (χ2n) is 4.21. The van der Waals surface area contributed by atoms with Gasteiger partial charge in [-0.3, -0.25) is 4.79 Å². The fourth-order valence-electron chi connectivity index (χ4n) is 1.68. The maximum absolute atomic E-state index is 11.5. The van der Waals surface area contributed by atoms with Gasteiger partial charge in [0.25, 0.3) is 5.91 Å². The van der Waals surface area contributed by atoms with E-state index >= 15 is 0 Å². The number of para-hydroxylation sites is 1. The lowest BCUT2D eigenvalue weighted by Crippen LogP contribution is -2.34. The van der Waals surface area contributed by atoms with Gasteiger partial charge in [0.2, 0.25) is 0 Å². The van der Waals surface area contributed by atoms with E-state index in [1.165, 1.54) is 0 Å². The van der Waals surface area contributed by atoms with Crippen LogP contribution in [0.2, 0.25) is 0 Å². The van der Waals surface area contributed by atoms with Crippen molar-refractivity contribution in [2.75, 3.05) is 26.2 Å². The van der Waals surface area contributed by atoms with Crippen LogP contribution in [0.4, 0.5) is 0 Å². The van der Waals surface area contributed by atoms with Crippen molar-refractivity contribution in [3.05, 3.63) is 29.3 Å². The van der Waals surface area contributed by atoms with Gasteiger partial charge in [-0.05, 0) is 31.5 Å². The maximum Gasteiger partial charge on any atom is 0.257 e. The number of rotatable bonds is 7. The normalized spacial score (nSPS) is 9.63. The molecule has 0 aliphatic heterocycles. The molecule has 0 radical (unpaired) electrons. The highest BCUT2D eigenvalue weighted by Gasteiger charge is 2.06. The lowest BCUT2D eigenvalue weighted by atomic mass is 10.1. The Morgan fingerprint density at radius 1 is 1.21 bits per heavy atom. The monoisotopic (exact) mass is 286 g/mol. The average molecular weight is 287 g/mol. The first-order valence-electron chi connectivity index (χ1n) is 6.31. The Hall–Kier alpha value is -1.26. The zero-order chi connectivity index (χ0) is 13.4. The number of halogens is 1. The van der Waals surface area contributed by atoms with Crippen LogP contribution in [0.15, 0.2) is 18.2 Å². The summed E-state index contributed by atoms with van der Waals surface area (Å²) in [6, 6.07) is 5.94. The van der Waals surface area contributed by atoms with Crippen molar-refractivity contribution in [1.82, 2.24) is 10.6 Å². The molecule has 1 aromatic carbocycles. The highest BCUT2D eigenvalue weighted by Crippen LogP contribution is 2.21. The van der Waals surface area contributed by atoms with E-state index in [0.29, 0.717) is 6.54 Å². The molecular formula is C14H23ClN2O2. The molecule has 1 amide bonds. The number of carbonyl (C=O) groups excluding carboxylic acids is 1. The molecule has 0 bridgehead atoms. The predicted molar refractivity (Wildman–Crippen MR) is 80.2 cm³/mol. The number of hydrogen-bond acceptors (Lipinski definition) is 3. The molecule has 0 heterocycles. The van der Waals surface area contributed by atoms with Crippen LogP contribution in [0.1, 0.15) is 18.1 Å². The Morgan fingerprint density at radius 3 is 2.42 bits per heavy atom. The molecule has 0 unspecified atom stereocenters. The van der Waals surface area contributed by atoms with E-state index in [1.807, 2.05) is 39.0 Å². The molecule has 0 spiro atoms. The number of carbonyl (C=O) groups is 1. The van der Waals surface area contributed by atoms with Crippen LogP contribution >= 0.6 is 12.4 Å². The lowest BCUT2D eigenvalue weighted by Gasteiger charge is -2.12. The van der Waals surface area contributed by atoms with Crippen molar-refractivity contribution in [3.8, 4) is 5.75 Å². The van der Waals surface area contributed by atoms with Gasteiger partial charge in [0, 0.05) is 13.1 Å². The third-order valence-electron chi connectivity index (χ3n) is 2.63. The number of hydrogen-bond donors (Lipinski definition) is 2. The van der Waals surface area contributed by atoms with Crippen LogP contribution in [0.3, 0.4) is 0 Å². The van der Waals surface area contributed by atoms with Crippen molar-refractivity contribution in [3.63, 3.8) is 0 Å². The zero-order valence-corrected chi connectivity index (χ0v) is 12.6. The standard InChI is InChI=1S/C14H22N2O2.ClH/c1-4-15-8-9-16-13(17)10-18-14-11(2)6-5-7-12(14)3;/h5-7,15H,4,8-10H2,1-3H3,(H,16,17);1H. The van der Waals surface area contributed by atoms with Gasteiger partial charge in [-0.1, -0.05) is 25.1 Å². The number of likely N-dealkylation sites (N-methyl/N-ethyl adjacent to an activating group) is 1. The number of ether oxygens (including phenoxy) is 1. The van der Waals surface area contributed by atoms with Gasteiger partial charge in [-0.15, -0.1) is 12.4 Å². The predicted octanol–water partition coefficient (Wildman–Crippen LogP) is 1.83. The van der Waals surface area contributed by atoms with Gasteiger partial charge >= 0.3 is 0 Å². The van der Waals surface area contributed by atoms with E-state index in [1.54, 1.807) is 0 Å². The molecule has 19 heavy (non-hydrogen) atoms. The van der Waals surface area contributed by atoms with Gasteiger partial charge in [0.05, 0.1) is 0 Å². The molecular weight excluding hydrogens is 264 g/mol. The Kier molecular flexibility index (Phi) is 9.00. The second-order valence-corrected chi connectivity index (χ2v) is 4.21. The fourth-order valence-corrected chi connectivity index (χ4v) is 1.68. The molecule has 108 valence electrons. The Labute approximate surface area is 121 Å². The number of aryl methyl sites for hydroxylation is 2. The fraction of sp³-hybridized carbons (Fsp3) is 0.500. The van der Waals surface area contributed by atoms with Gasteiger partial charge in [-0.2, -0.15) is 0 Å². The Morgan fingerprint density at radius 2 is 1.84 bits per heavy atom. The minimum absolute atomic E-state index is 0. The number of benzene rings is 1. The molecule has 1 aromatic rings. The number of nitrogens with one attached hydrogen (secondary N) is 2. The molecule has 0 aliphatic carbocycles. The molecule has 2 N–H and O–H groups in total. The molecule has 0 aromatic heterocycles. The summed E-state index contributed by atoms with van der Waals surface area (Å²) in [5.74, 6) is 0.717. The first kappa shape index (κ1) is 17.7. The Bertz CT molecular complexity index is 377. The molecule has 4 nitrogen and oxygen atoms in total. The maximum atomic E-state index is 11.5. The third kappa shape index (κ3) is 6.45. The average Bonchev–Trinajstić information content (AvgIpc) is 2.34. The van der Waals surface area contributed by atoms with E-state index < -0.39 is 0 Å². The van der Waals surface area contributed by atoms with Crippen LogP contribution in [0.25, 0.3) is 0 Å². The van der Waals surface area contributed by atoms with Crippen molar-refractivity contribution >= 4 is 18.3 Å². The second kappa shape index (κ2) is 9.64. The largest absolute Gasteiger partial charge is 0.483 e. The van der Waals surface area contributed by atoms with Crippen LogP contribution in [0, 0.1) is 13.8 Å². The first-order chi connectivity index (χ1) is 8.65. The summed E-state index contributed by atoms with van der Waals surface area (Å²) in [6.45, 7) is 8.38. The molecule has 0 aliphatic rings. The summed E-state index contributed by atoms with van der Waals surface area (Å²) in [7, 11) is 0. The van der Waals surface area contributed by atoms with E-state index in [4.69, 9.17) is 4.74 Å². The van der Waals surface area contributed by atoms with E-state index in [-0.39, 0.29) is 24.9 Å². The van der Waals surface area contributed by atoms with Gasteiger partial charge in [0.15, 0.2) is 6.61 Å². The summed E-state index contributed by atoms with van der Waals surface area (Å²) in [5.41, 5.74) is 2.10. The van der Waals surface area contributed by atoms with Crippen molar-refractivity contribution in [2.45, 2.75) is 20.8 Å². The number of amides is 1. The molecule has 0 saturated heterocycles. The highest BCUT2D eigenvalue weighted by molar-refractivity contribution is 5.85. The quantitative estimate of drug-likeness (QED) is 0.752. The van der Waals surface area contributed by atoms with Crippen LogP contribution < -0.4 is 15.4 Å². The summed E-state index contributed by atoms with van der Waals surface area (Å²) < 4.78 is 5.55. The van der Waals surface area contributed by atoms with Gasteiger partial charge < -0.3 is 15.4 Å². The van der Waals surface area contributed by atoms with Gasteiger partial charge in [0.1, 0.15) is 5.75 Å². The molecule has 0 fully saturated rings. The summed E-state index contributed by atoms with van der Waals surface area (Å²) in [6.07, 6.45) is 0. The topological polar surface area (TPSA) is 50.4 Å².